The standard InChI is InChI=1S/C28H30ClFN4O5/c1-4-38-28(35)26-18(2)25-23(34(26)10-11-37-13-12-36-3)16-31-33-27(25)32-21-8-9-24(22(29)15-21)39-17-19-6-5-7-20(30)14-19/h5-9,14-16H,4,10-13,17H2,1-3H3,(H,32,33). The fraction of sp³-hybridized carbons (Fsp3) is 0.321. The minimum Gasteiger partial charge on any atom is -0.487 e. The number of fused-ring (bicyclic) bond motifs is 1. The monoisotopic (exact) mass is 556 g/mol. The Morgan fingerprint density at radius 3 is 2.74 bits per heavy atom. The molecule has 0 amide bonds. The van der Waals surface area contributed by atoms with Gasteiger partial charge >= 0.3 is 5.97 Å². The molecule has 11 heteroatoms. The van der Waals surface area contributed by atoms with Gasteiger partial charge in [0.2, 0.25) is 0 Å². The van der Waals surface area contributed by atoms with Crippen LogP contribution in [0.2, 0.25) is 5.02 Å². The van der Waals surface area contributed by atoms with E-state index < -0.39 is 5.97 Å². The number of carbonyl (C=O) groups excluding carboxylic acids is 1. The fourth-order valence-corrected chi connectivity index (χ4v) is 4.43. The minimum absolute atomic E-state index is 0.174. The quantitative estimate of drug-likeness (QED) is 0.166. The lowest BCUT2D eigenvalue weighted by Gasteiger charge is -2.12. The van der Waals surface area contributed by atoms with Crippen LogP contribution in [0.5, 0.6) is 5.75 Å². The number of hydrogen-bond donors (Lipinski definition) is 1. The number of aryl methyl sites for hydroxylation is 1. The Kier molecular flexibility index (Phi) is 9.69. The van der Waals surface area contributed by atoms with Crippen molar-refractivity contribution < 1.29 is 28.1 Å². The molecule has 0 bridgehead atoms. The maximum atomic E-state index is 13.4. The number of nitrogens with one attached hydrogen (secondary N) is 1. The van der Waals surface area contributed by atoms with E-state index in [1.165, 1.54) is 12.1 Å². The van der Waals surface area contributed by atoms with Crippen molar-refractivity contribution in [1.29, 1.82) is 0 Å². The first-order valence-corrected chi connectivity index (χ1v) is 12.8. The lowest BCUT2D eigenvalue weighted by Crippen LogP contribution is -2.16. The summed E-state index contributed by atoms with van der Waals surface area (Å²) in [6, 6.07) is 11.4. The van der Waals surface area contributed by atoms with E-state index in [0.717, 1.165) is 5.39 Å². The van der Waals surface area contributed by atoms with E-state index in [-0.39, 0.29) is 19.0 Å². The summed E-state index contributed by atoms with van der Waals surface area (Å²) in [6.45, 7) is 5.74. The molecule has 0 aliphatic carbocycles. The molecule has 0 saturated carbocycles. The largest absolute Gasteiger partial charge is 0.487 e. The maximum Gasteiger partial charge on any atom is 0.355 e. The zero-order valence-corrected chi connectivity index (χ0v) is 22.8. The van der Waals surface area contributed by atoms with Crippen molar-refractivity contribution in [3.05, 3.63) is 76.3 Å². The van der Waals surface area contributed by atoms with E-state index in [9.17, 15) is 9.18 Å². The van der Waals surface area contributed by atoms with Crippen LogP contribution in [0.25, 0.3) is 10.9 Å². The Morgan fingerprint density at radius 2 is 2.00 bits per heavy atom. The van der Waals surface area contributed by atoms with Crippen LogP contribution in [0, 0.1) is 12.7 Å². The van der Waals surface area contributed by atoms with Crippen molar-refractivity contribution in [3.63, 3.8) is 0 Å². The minimum atomic E-state index is -0.433. The van der Waals surface area contributed by atoms with Gasteiger partial charge < -0.3 is 28.8 Å². The van der Waals surface area contributed by atoms with Crippen molar-refractivity contribution in [2.75, 3.05) is 38.9 Å². The van der Waals surface area contributed by atoms with Crippen LogP contribution in [-0.4, -0.2) is 54.3 Å². The molecule has 4 rings (SSSR count). The second-order valence-corrected chi connectivity index (χ2v) is 9.00. The molecule has 39 heavy (non-hydrogen) atoms. The van der Waals surface area contributed by atoms with Gasteiger partial charge in [0.25, 0.3) is 0 Å². The first kappa shape index (κ1) is 28.3. The van der Waals surface area contributed by atoms with Gasteiger partial charge in [-0.25, -0.2) is 9.18 Å². The van der Waals surface area contributed by atoms with Crippen LogP contribution in [0.1, 0.15) is 28.5 Å². The highest BCUT2D eigenvalue weighted by Gasteiger charge is 2.24. The molecule has 2 heterocycles. The van der Waals surface area contributed by atoms with E-state index in [1.807, 2.05) is 11.5 Å². The summed E-state index contributed by atoms with van der Waals surface area (Å²) in [5, 5.41) is 12.8. The van der Waals surface area contributed by atoms with E-state index in [4.69, 9.17) is 30.5 Å². The summed E-state index contributed by atoms with van der Waals surface area (Å²) in [6.07, 6.45) is 1.61. The maximum absolute atomic E-state index is 13.4. The van der Waals surface area contributed by atoms with E-state index in [1.54, 1.807) is 50.6 Å². The molecule has 2 aromatic carbocycles. The summed E-state index contributed by atoms with van der Waals surface area (Å²) < 4.78 is 37.1. The third-order valence-electron chi connectivity index (χ3n) is 5.96. The number of aromatic nitrogens is 3. The Bertz CT molecular complexity index is 1450. The number of ether oxygens (including phenoxy) is 4. The van der Waals surface area contributed by atoms with Crippen molar-refractivity contribution >= 4 is 40.0 Å². The molecule has 1 N–H and O–H groups in total. The molecule has 0 unspecified atom stereocenters. The van der Waals surface area contributed by atoms with E-state index in [2.05, 4.69) is 15.5 Å². The SMILES string of the molecule is CCOC(=O)c1c(C)c2c(Nc3ccc(OCc4cccc(F)c4)c(Cl)c3)nncc2n1CCOCCOC. The van der Waals surface area contributed by atoms with E-state index >= 15 is 0 Å². The van der Waals surface area contributed by atoms with Crippen LogP contribution < -0.4 is 10.1 Å². The molecule has 2 aromatic heterocycles. The predicted octanol–water partition coefficient (Wildman–Crippen LogP) is 5.69. The highest BCUT2D eigenvalue weighted by Crippen LogP contribution is 2.34. The number of esters is 1. The van der Waals surface area contributed by atoms with Crippen LogP contribution in [-0.2, 0) is 27.4 Å². The molecule has 0 spiro atoms. The lowest BCUT2D eigenvalue weighted by atomic mass is 10.2. The Balaban J connectivity index is 1.59. The first-order valence-electron chi connectivity index (χ1n) is 12.4. The Morgan fingerprint density at radius 1 is 1.15 bits per heavy atom. The van der Waals surface area contributed by atoms with Crippen LogP contribution in [0.15, 0.2) is 48.7 Å². The molecule has 0 fully saturated rings. The van der Waals surface area contributed by atoms with Crippen LogP contribution in [0.3, 0.4) is 0 Å². The van der Waals surface area contributed by atoms with Gasteiger partial charge in [-0.05, 0) is 55.3 Å². The molecule has 9 nitrogen and oxygen atoms in total. The number of carbonyl (C=O) groups is 1. The highest BCUT2D eigenvalue weighted by atomic mass is 35.5. The summed E-state index contributed by atoms with van der Waals surface area (Å²) in [7, 11) is 1.61. The second kappa shape index (κ2) is 13.4. The van der Waals surface area contributed by atoms with Gasteiger partial charge in [0.05, 0.1) is 43.2 Å². The second-order valence-electron chi connectivity index (χ2n) is 8.59. The molecule has 0 radical (unpaired) electrons. The van der Waals surface area contributed by atoms with Gasteiger partial charge in [0, 0.05) is 24.7 Å². The molecular formula is C28H30ClFN4O5. The molecule has 0 saturated heterocycles. The molecule has 4 aromatic rings. The summed E-state index contributed by atoms with van der Waals surface area (Å²) in [5.74, 6) is 0.151. The number of benzene rings is 2. The number of hydrogen-bond acceptors (Lipinski definition) is 8. The van der Waals surface area contributed by atoms with Crippen molar-refractivity contribution in [2.24, 2.45) is 0 Å². The van der Waals surface area contributed by atoms with Crippen molar-refractivity contribution in [3.8, 4) is 5.75 Å². The predicted molar refractivity (Wildman–Crippen MR) is 146 cm³/mol. The van der Waals surface area contributed by atoms with Gasteiger partial charge in [0.15, 0.2) is 5.82 Å². The van der Waals surface area contributed by atoms with Gasteiger partial charge in [0.1, 0.15) is 23.9 Å². The number of rotatable bonds is 13. The normalized spacial score (nSPS) is 11.1. The molecule has 0 aliphatic rings. The molecule has 0 atom stereocenters. The Hall–Kier alpha value is -3.73. The smallest absolute Gasteiger partial charge is 0.355 e. The number of anilines is 2. The zero-order chi connectivity index (χ0) is 27.8. The number of nitrogens with zero attached hydrogens (tertiary/aromatic N) is 3. The highest BCUT2D eigenvalue weighted by molar-refractivity contribution is 6.32. The topological polar surface area (TPSA) is 96.7 Å². The third kappa shape index (κ3) is 6.83. The third-order valence-corrected chi connectivity index (χ3v) is 6.25. The number of halogens is 2. The first-order chi connectivity index (χ1) is 18.9. The van der Waals surface area contributed by atoms with Gasteiger partial charge in [-0.3, -0.25) is 0 Å². The lowest BCUT2D eigenvalue weighted by molar-refractivity contribution is 0.0501. The average molecular weight is 557 g/mol. The van der Waals surface area contributed by atoms with Crippen LogP contribution in [0.4, 0.5) is 15.9 Å². The summed E-state index contributed by atoms with van der Waals surface area (Å²) in [5.41, 5.74) is 3.17. The summed E-state index contributed by atoms with van der Waals surface area (Å²) in [4.78, 5) is 12.9. The fourth-order valence-electron chi connectivity index (χ4n) is 4.20. The van der Waals surface area contributed by atoms with Crippen LogP contribution >= 0.6 is 11.6 Å². The van der Waals surface area contributed by atoms with Gasteiger partial charge in [-0.2, -0.15) is 5.10 Å². The molecule has 0 aliphatic heterocycles. The molecular weight excluding hydrogens is 527 g/mol. The van der Waals surface area contributed by atoms with Crippen molar-refractivity contribution in [1.82, 2.24) is 14.8 Å². The van der Waals surface area contributed by atoms with Gasteiger partial charge in [-0.1, -0.05) is 23.7 Å². The van der Waals surface area contributed by atoms with Gasteiger partial charge in [-0.15, -0.1) is 5.10 Å². The molecule has 206 valence electrons. The summed E-state index contributed by atoms with van der Waals surface area (Å²) >= 11 is 6.48. The van der Waals surface area contributed by atoms with Crippen molar-refractivity contribution in [2.45, 2.75) is 27.0 Å². The average Bonchev–Trinajstić information content (AvgIpc) is 3.20. The Labute approximate surface area is 230 Å². The zero-order valence-electron chi connectivity index (χ0n) is 22.0. The van der Waals surface area contributed by atoms with E-state index in [0.29, 0.717) is 71.0 Å². The number of methoxy groups -OCH3 is 1.